The molecule has 1 rings (SSSR count). The number of nitrogens with zero attached hydrogens (tertiary/aromatic N) is 2. The summed E-state index contributed by atoms with van der Waals surface area (Å²) in [5, 5.41) is 6.50. The van der Waals surface area contributed by atoms with Crippen LogP contribution in [0.15, 0.2) is 12.3 Å². The Morgan fingerprint density at radius 1 is 1.56 bits per heavy atom. The molecule has 0 aliphatic carbocycles. The monoisotopic (exact) mass is 254 g/mol. The minimum Gasteiger partial charge on any atom is -0.467 e. The standard InChI is InChI=1S/C11H18N4O3/c1-7(2)10(11(17)18-3)13-9(16)6-15-5-4-8(12)14-15/h4-5,7,10H,6H2,1-3H3,(H2,12,14)(H,13,16). The molecule has 1 atom stereocenters. The normalized spacial score (nSPS) is 12.2. The third-order valence-corrected chi connectivity index (χ3v) is 2.41. The SMILES string of the molecule is COC(=O)C(NC(=O)Cn1ccc(N)n1)C(C)C. The summed E-state index contributed by atoms with van der Waals surface area (Å²) >= 11 is 0. The van der Waals surface area contributed by atoms with Crippen molar-refractivity contribution >= 4 is 17.7 Å². The number of nitrogen functional groups attached to an aromatic ring is 1. The van der Waals surface area contributed by atoms with Crippen LogP contribution in [-0.4, -0.2) is 34.8 Å². The van der Waals surface area contributed by atoms with Gasteiger partial charge in [0.1, 0.15) is 18.4 Å². The largest absolute Gasteiger partial charge is 0.467 e. The molecule has 0 aliphatic heterocycles. The Labute approximate surface area is 105 Å². The molecular formula is C11H18N4O3. The van der Waals surface area contributed by atoms with Gasteiger partial charge >= 0.3 is 5.97 Å². The van der Waals surface area contributed by atoms with Crippen LogP contribution >= 0.6 is 0 Å². The van der Waals surface area contributed by atoms with Crippen LogP contribution in [0, 0.1) is 5.92 Å². The van der Waals surface area contributed by atoms with E-state index in [1.54, 1.807) is 12.3 Å². The lowest BCUT2D eigenvalue weighted by Gasteiger charge is -2.19. The fraction of sp³-hybridized carbons (Fsp3) is 0.545. The van der Waals surface area contributed by atoms with Crippen LogP contribution in [0.5, 0.6) is 0 Å². The molecule has 0 radical (unpaired) electrons. The summed E-state index contributed by atoms with van der Waals surface area (Å²) in [4.78, 5) is 23.2. The zero-order valence-electron chi connectivity index (χ0n) is 10.7. The van der Waals surface area contributed by atoms with Crippen LogP contribution in [0.4, 0.5) is 5.82 Å². The van der Waals surface area contributed by atoms with E-state index in [2.05, 4.69) is 15.2 Å². The van der Waals surface area contributed by atoms with E-state index in [-0.39, 0.29) is 18.4 Å². The van der Waals surface area contributed by atoms with E-state index < -0.39 is 12.0 Å². The lowest BCUT2D eigenvalue weighted by molar-refractivity contribution is -0.146. The molecule has 7 nitrogen and oxygen atoms in total. The Bertz CT molecular complexity index is 428. The number of hydrogen-bond acceptors (Lipinski definition) is 5. The topological polar surface area (TPSA) is 99.2 Å². The number of esters is 1. The highest BCUT2D eigenvalue weighted by Crippen LogP contribution is 2.04. The highest BCUT2D eigenvalue weighted by atomic mass is 16.5. The molecule has 0 bridgehead atoms. The summed E-state index contributed by atoms with van der Waals surface area (Å²) in [6.45, 7) is 3.67. The summed E-state index contributed by atoms with van der Waals surface area (Å²) in [6, 6.07) is 0.934. The molecule has 0 aliphatic rings. The van der Waals surface area contributed by atoms with E-state index >= 15 is 0 Å². The molecule has 1 amide bonds. The van der Waals surface area contributed by atoms with Gasteiger partial charge in [-0.05, 0) is 12.0 Å². The highest BCUT2D eigenvalue weighted by Gasteiger charge is 2.24. The van der Waals surface area contributed by atoms with Crippen LogP contribution in [0.2, 0.25) is 0 Å². The van der Waals surface area contributed by atoms with Gasteiger partial charge < -0.3 is 15.8 Å². The first kappa shape index (κ1) is 14.0. The van der Waals surface area contributed by atoms with Crippen molar-refractivity contribution in [2.24, 2.45) is 5.92 Å². The summed E-state index contributed by atoms with van der Waals surface area (Å²) in [5.74, 6) is -0.485. The molecule has 1 heterocycles. The van der Waals surface area contributed by atoms with Gasteiger partial charge in [-0.2, -0.15) is 5.10 Å². The minimum absolute atomic E-state index is 0.0113. The predicted molar refractivity (Wildman–Crippen MR) is 65.4 cm³/mol. The first-order chi connectivity index (χ1) is 8.43. The van der Waals surface area contributed by atoms with Crippen LogP contribution < -0.4 is 11.1 Å². The first-order valence-corrected chi connectivity index (χ1v) is 5.60. The molecule has 1 aromatic rings. The van der Waals surface area contributed by atoms with E-state index in [1.165, 1.54) is 11.8 Å². The van der Waals surface area contributed by atoms with Gasteiger partial charge in [0, 0.05) is 6.20 Å². The number of hydrogen-bond donors (Lipinski definition) is 2. The minimum atomic E-state index is -0.657. The highest BCUT2D eigenvalue weighted by molar-refractivity contribution is 5.84. The maximum atomic E-state index is 11.7. The lowest BCUT2D eigenvalue weighted by Crippen LogP contribution is -2.46. The van der Waals surface area contributed by atoms with Crippen LogP contribution in [0.1, 0.15) is 13.8 Å². The zero-order valence-corrected chi connectivity index (χ0v) is 10.7. The number of methoxy groups -OCH3 is 1. The number of nitrogens with two attached hydrogens (primary N) is 1. The number of anilines is 1. The van der Waals surface area contributed by atoms with Crippen LogP contribution in [0.25, 0.3) is 0 Å². The Morgan fingerprint density at radius 2 is 2.22 bits per heavy atom. The van der Waals surface area contributed by atoms with Gasteiger partial charge in [-0.1, -0.05) is 13.8 Å². The van der Waals surface area contributed by atoms with E-state index in [4.69, 9.17) is 5.73 Å². The van der Waals surface area contributed by atoms with Crippen molar-refractivity contribution < 1.29 is 14.3 Å². The summed E-state index contributed by atoms with van der Waals surface area (Å²) < 4.78 is 6.03. The van der Waals surface area contributed by atoms with E-state index in [1.807, 2.05) is 13.8 Å². The Balaban J connectivity index is 2.59. The molecule has 7 heteroatoms. The van der Waals surface area contributed by atoms with Crippen molar-refractivity contribution in [3.63, 3.8) is 0 Å². The number of rotatable bonds is 5. The van der Waals surface area contributed by atoms with Crippen molar-refractivity contribution in [3.8, 4) is 0 Å². The van der Waals surface area contributed by atoms with Gasteiger partial charge in [0.15, 0.2) is 0 Å². The molecule has 0 aromatic carbocycles. The fourth-order valence-corrected chi connectivity index (χ4v) is 1.46. The Morgan fingerprint density at radius 3 is 2.67 bits per heavy atom. The maximum absolute atomic E-state index is 11.7. The number of carbonyl (C=O) groups is 2. The van der Waals surface area contributed by atoms with Gasteiger partial charge in [-0.25, -0.2) is 4.79 Å². The number of amides is 1. The fourth-order valence-electron chi connectivity index (χ4n) is 1.46. The maximum Gasteiger partial charge on any atom is 0.328 e. The van der Waals surface area contributed by atoms with Gasteiger partial charge in [0.2, 0.25) is 5.91 Å². The average Bonchev–Trinajstić information content (AvgIpc) is 2.70. The molecule has 3 N–H and O–H groups in total. The molecule has 18 heavy (non-hydrogen) atoms. The first-order valence-electron chi connectivity index (χ1n) is 5.60. The van der Waals surface area contributed by atoms with Crippen molar-refractivity contribution in [2.75, 3.05) is 12.8 Å². The quantitative estimate of drug-likeness (QED) is 0.708. The molecule has 1 aromatic heterocycles. The van der Waals surface area contributed by atoms with Gasteiger partial charge in [-0.15, -0.1) is 0 Å². The summed E-state index contributed by atoms with van der Waals surface area (Å²) in [5.41, 5.74) is 5.44. The smallest absolute Gasteiger partial charge is 0.328 e. The molecule has 0 saturated carbocycles. The molecule has 0 saturated heterocycles. The third kappa shape index (κ3) is 3.76. The number of ether oxygens (including phenoxy) is 1. The third-order valence-electron chi connectivity index (χ3n) is 2.41. The molecule has 0 spiro atoms. The number of carbonyl (C=O) groups excluding carboxylic acids is 2. The van der Waals surface area contributed by atoms with E-state index in [0.29, 0.717) is 5.82 Å². The van der Waals surface area contributed by atoms with Gasteiger partial charge in [0.05, 0.1) is 7.11 Å². The summed E-state index contributed by atoms with van der Waals surface area (Å²) in [6.07, 6.45) is 1.59. The Hall–Kier alpha value is -2.05. The second-order valence-electron chi connectivity index (χ2n) is 4.25. The Kier molecular flexibility index (Phi) is 4.70. The zero-order chi connectivity index (χ0) is 13.7. The average molecular weight is 254 g/mol. The number of aromatic nitrogens is 2. The molecule has 100 valence electrons. The van der Waals surface area contributed by atoms with Gasteiger partial charge in [0.25, 0.3) is 0 Å². The summed E-state index contributed by atoms with van der Waals surface area (Å²) in [7, 11) is 1.29. The lowest BCUT2D eigenvalue weighted by atomic mass is 10.0. The van der Waals surface area contributed by atoms with Crippen LogP contribution in [-0.2, 0) is 20.9 Å². The van der Waals surface area contributed by atoms with E-state index in [0.717, 1.165) is 0 Å². The van der Waals surface area contributed by atoms with Gasteiger partial charge in [-0.3, -0.25) is 9.48 Å². The second-order valence-corrected chi connectivity index (χ2v) is 4.25. The van der Waals surface area contributed by atoms with E-state index in [9.17, 15) is 9.59 Å². The van der Waals surface area contributed by atoms with Crippen LogP contribution in [0.3, 0.4) is 0 Å². The second kappa shape index (κ2) is 6.04. The van der Waals surface area contributed by atoms with Crippen molar-refractivity contribution in [1.82, 2.24) is 15.1 Å². The van der Waals surface area contributed by atoms with Crippen molar-refractivity contribution in [3.05, 3.63) is 12.3 Å². The van der Waals surface area contributed by atoms with Crippen molar-refractivity contribution in [1.29, 1.82) is 0 Å². The molecular weight excluding hydrogens is 236 g/mol. The predicted octanol–water partition coefficient (Wildman–Crippen LogP) is -0.221. The molecule has 1 unspecified atom stereocenters. The van der Waals surface area contributed by atoms with Crippen molar-refractivity contribution in [2.45, 2.75) is 26.4 Å². The molecule has 0 fully saturated rings. The number of nitrogens with one attached hydrogen (secondary N) is 1.